The van der Waals surface area contributed by atoms with Gasteiger partial charge in [0, 0.05) is 13.2 Å². The molecule has 1 aromatic carbocycles. The normalized spacial score (nSPS) is 17.3. The van der Waals surface area contributed by atoms with Crippen LogP contribution in [0.15, 0.2) is 42.5 Å². The molecule has 0 radical (unpaired) electrons. The highest BCUT2D eigenvalue weighted by Crippen LogP contribution is 2.28. The minimum Gasteiger partial charge on any atom is -0.381 e. The van der Waals surface area contributed by atoms with Crippen LogP contribution in [0.4, 0.5) is 5.82 Å². The number of nitrogens with zero attached hydrogens (tertiary/aromatic N) is 2. The van der Waals surface area contributed by atoms with Crippen LogP contribution in [0, 0.1) is 11.3 Å². The molecule has 2 atom stereocenters. The molecule has 5 nitrogen and oxygen atoms in total. The van der Waals surface area contributed by atoms with Gasteiger partial charge in [-0.05, 0) is 37.5 Å². The number of anilines is 1. The lowest BCUT2D eigenvalue weighted by Crippen LogP contribution is -2.32. The molecule has 136 valence electrons. The molecule has 0 bridgehead atoms. The van der Waals surface area contributed by atoms with E-state index in [1.165, 1.54) is 0 Å². The Kier molecular flexibility index (Phi) is 6.45. The van der Waals surface area contributed by atoms with E-state index in [4.69, 9.17) is 26.3 Å². The molecule has 0 saturated carbocycles. The lowest BCUT2D eigenvalue weighted by atomic mass is 10.0. The van der Waals surface area contributed by atoms with Crippen molar-refractivity contribution in [1.82, 2.24) is 4.98 Å². The van der Waals surface area contributed by atoms with E-state index in [-0.39, 0.29) is 23.9 Å². The van der Waals surface area contributed by atoms with Crippen molar-refractivity contribution in [1.29, 1.82) is 5.26 Å². The van der Waals surface area contributed by atoms with Crippen molar-refractivity contribution in [3.8, 4) is 6.07 Å². The van der Waals surface area contributed by atoms with E-state index in [1.54, 1.807) is 12.1 Å². The summed E-state index contributed by atoms with van der Waals surface area (Å²) in [6.45, 7) is 3.52. The molecule has 1 N–H and O–H groups in total. The third kappa shape index (κ3) is 4.73. The maximum absolute atomic E-state index is 9.12. The number of aromatic nitrogens is 1. The van der Waals surface area contributed by atoms with Crippen LogP contribution in [-0.2, 0) is 9.47 Å². The molecule has 0 aliphatic carbocycles. The van der Waals surface area contributed by atoms with Gasteiger partial charge in [-0.25, -0.2) is 4.98 Å². The van der Waals surface area contributed by atoms with Gasteiger partial charge in [-0.2, -0.15) is 5.26 Å². The summed E-state index contributed by atoms with van der Waals surface area (Å²) < 4.78 is 11.9. The average molecular weight is 372 g/mol. The van der Waals surface area contributed by atoms with Crippen molar-refractivity contribution in [2.45, 2.75) is 38.0 Å². The highest BCUT2D eigenvalue weighted by molar-refractivity contribution is 6.31. The summed E-state index contributed by atoms with van der Waals surface area (Å²) in [7, 11) is 0. The van der Waals surface area contributed by atoms with Gasteiger partial charge in [-0.3, -0.25) is 0 Å². The number of nitriles is 1. The Morgan fingerprint density at radius 3 is 2.65 bits per heavy atom. The summed E-state index contributed by atoms with van der Waals surface area (Å²) in [4.78, 5) is 4.27. The summed E-state index contributed by atoms with van der Waals surface area (Å²) in [5, 5.41) is 12.8. The molecule has 1 aliphatic rings. The second-order valence-corrected chi connectivity index (χ2v) is 6.76. The lowest BCUT2D eigenvalue weighted by molar-refractivity contribution is -0.0739. The Bertz CT molecular complexity index is 757. The number of benzene rings is 1. The van der Waals surface area contributed by atoms with Gasteiger partial charge in [0.2, 0.25) is 0 Å². The number of halogens is 1. The largest absolute Gasteiger partial charge is 0.381 e. The molecule has 2 unspecified atom stereocenters. The van der Waals surface area contributed by atoms with Crippen molar-refractivity contribution < 1.29 is 9.47 Å². The first-order valence-electron chi connectivity index (χ1n) is 8.78. The van der Waals surface area contributed by atoms with E-state index in [0.717, 1.165) is 31.6 Å². The van der Waals surface area contributed by atoms with Crippen molar-refractivity contribution >= 4 is 17.4 Å². The van der Waals surface area contributed by atoms with E-state index in [2.05, 4.69) is 29.4 Å². The fraction of sp³-hybridized carbons (Fsp3) is 0.400. The monoisotopic (exact) mass is 371 g/mol. The fourth-order valence-corrected chi connectivity index (χ4v) is 3.20. The van der Waals surface area contributed by atoms with Gasteiger partial charge in [0.25, 0.3) is 0 Å². The van der Waals surface area contributed by atoms with Crippen molar-refractivity contribution in [3.63, 3.8) is 0 Å². The van der Waals surface area contributed by atoms with Gasteiger partial charge in [0.15, 0.2) is 5.69 Å². The average Bonchev–Trinajstić information content (AvgIpc) is 2.69. The second-order valence-electron chi connectivity index (χ2n) is 6.35. The van der Waals surface area contributed by atoms with Gasteiger partial charge in [-0.1, -0.05) is 41.9 Å². The minimum absolute atomic E-state index is 0.0412. The lowest BCUT2D eigenvalue weighted by Gasteiger charge is -2.32. The molecule has 2 heterocycles. The van der Waals surface area contributed by atoms with Gasteiger partial charge in [-0.15, -0.1) is 0 Å². The van der Waals surface area contributed by atoms with E-state index in [9.17, 15) is 0 Å². The van der Waals surface area contributed by atoms with E-state index in [1.807, 2.05) is 24.3 Å². The highest BCUT2D eigenvalue weighted by Gasteiger charge is 2.26. The summed E-state index contributed by atoms with van der Waals surface area (Å²) in [6.07, 6.45) is 1.83. The molecule has 26 heavy (non-hydrogen) atoms. The standard InChI is InChI=1S/C20H22ClN3O2/c1-14(23-19-8-7-17(21)18(13-22)24-19)20(15-5-3-2-4-6-15)26-16-9-11-25-12-10-16/h2-8,14,16,20H,9-12H2,1H3,(H,23,24). The number of ether oxygens (including phenoxy) is 2. The molecule has 0 spiro atoms. The Balaban J connectivity index is 1.78. The Morgan fingerprint density at radius 2 is 1.96 bits per heavy atom. The number of pyridine rings is 1. The molecule has 1 saturated heterocycles. The van der Waals surface area contributed by atoms with Crippen LogP contribution in [0.25, 0.3) is 0 Å². The van der Waals surface area contributed by atoms with E-state index in [0.29, 0.717) is 10.8 Å². The zero-order valence-corrected chi connectivity index (χ0v) is 15.4. The quantitative estimate of drug-likeness (QED) is 0.817. The zero-order chi connectivity index (χ0) is 18.4. The smallest absolute Gasteiger partial charge is 0.161 e. The molecule has 1 aliphatic heterocycles. The summed E-state index contributed by atoms with van der Waals surface area (Å²) in [5.41, 5.74) is 1.32. The summed E-state index contributed by atoms with van der Waals surface area (Å²) in [5.74, 6) is 0.606. The Labute approximate surface area is 158 Å². The van der Waals surface area contributed by atoms with Gasteiger partial charge in [0.1, 0.15) is 18.0 Å². The topological polar surface area (TPSA) is 67.2 Å². The molecule has 1 fully saturated rings. The van der Waals surface area contributed by atoms with Gasteiger partial charge >= 0.3 is 0 Å². The first-order valence-corrected chi connectivity index (χ1v) is 9.16. The fourth-order valence-electron chi connectivity index (χ4n) is 3.06. The Morgan fingerprint density at radius 1 is 1.23 bits per heavy atom. The number of hydrogen-bond acceptors (Lipinski definition) is 5. The van der Waals surface area contributed by atoms with Crippen molar-refractivity contribution in [2.24, 2.45) is 0 Å². The number of nitrogens with one attached hydrogen (secondary N) is 1. The second kappa shape index (κ2) is 9.00. The maximum Gasteiger partial charge on any atom is 0.161 e. The SMILES string of the molecule is CC(Nc1ccc(Cl)c(C#N)n1)C(OC1CCOCC1)c1ccccc1. The summed E-state index contributed by atoms with van der Waals surface area (Å²) in [6, 6.07) is 15.6. The summed E-state index contributed by atoms with van der Waals surface area (Å²) >= 11 is 5.97. The zero-order valence-electron chi connectivity index (χ0n) is 14.7. The van der Waals surface area contributed by atoms with Crippen molar-refractivity contribution in [2.75, 3.05) is 18.5 Å². The predicted molar refractivity (Wildman–Crippen MR) is 101 cm³/mol. The number of hydrogen-bond donors (Lipinski definition) is 1. The Hall–Kier alpha value is -2.13. The van der Waals surface area contributed by atoms with Gasteiger partial charge in [0.05, 0.1) is 17.2 Å². The number of rotatable bonds is 6. The molecule has 3 rings (SSSR count). The van der Waals surface area contributed by atoms with Crippen LogP contribution in [0.1, 0.15) is 37.1 Å². The van der Waals surface area contributed by atoms with Crippen LogP contribution in [0.5, 0.6) is 0 Å². The maximum atomic E-state index is 9.12. The predicted octanol–water partition coefficient (Wildman–Crippen LogP) is 4.34. The molecule has 2 aromatic rings. The van der Waals surface area contributed by atoms with E-state index < -0.39 is 0 Å². The van der Waals surface area contributed by atoms with Crippen LogP contribution < -0.4 is 5.32 Å². The molecular formula is C20H22ClN3O2. The molecule has 6 heteroatoms. The third-order valence-corrected chi connectivity index (χ3v) is 4.72. The first kappa shape index (κ1) is 18.7. The molecule has 1 aromatic heterocycles. The van der Waals surface area contributed by atoms with Crippen LogP contribution in [0.3, 0.4) is 0 Å². The van der Waals surface area contributed by atoms with Crippen LogP contribution in [0.2, 0.25) is 5.02 Å². The van der Waals surface area contributed by atoms with Crippen LogP contribution >= 0.6 is 11.6 Å². The van der Waals surface area contributed by atoms with Crippen LogP contribution in [-0.4, -0.2) is 30.3 Å². The van der Waals surface area contributed by atoms with Gasteiger partial charge < -0.3 is 14.8 Å². The van der Waals surface area contributed by atoms with E-state index >= 15 is 0 Å². The third-order valence-electron chi connectivity index (χ3n) is 4.42. The molecular weight excluding hydrogens is 350 g/mol. The minimum atomic E-state index is -0.137. The highest BCUT2D eigenvalue weighted by atomic mass is 35.5. The van der Waals surface area contributed by atoms with Crippen molar-refractivity contribution in [3.05, 3.63) is 58.7 Å². The molecule has 0 amide bonds. The first-order chi connectivity index (χ1) is 12.7.